The zero-order chi connectivity index (χ0) is 16.0. The van der Waals surface area contributed by atoms with Crippen molar-refractivity contribution >= 4 is 5.69 Å². The highest BCUT2D eigenvalue weighted by Gasteiger charge is 2.34. The molecule has 118 valence electrons. The van der Waals surface area contributed by atoms with E-state index in [4.69, 9.17) is 4.74 Å². The minimum atomic E-state index is -0.462. The van der Waals surface area contributed by atoms with Gasteiger partial charge in [0.25, 0.3) is 5.88 Å². The van der Waals surface area contributed by atoms with Gasteiger partial charge in [-0.05, 0) is 25.8 Å². The van der Waals surface area contributed by atoms with Crippen molar-refractivity contribution < 1.29 is 9.66 Å². The summed E-state index contributed by atoms with van der Waals surface area (Å²) < 4.78 is 5.02. The third-order valence-electron chi connectivity index (χ3n) is 3.48. The van der Waals surface area contributed by atoms with Crippen molar-refractivity contribution in [3.63, 3.8) is 0 Å². The topological polar surface area (TPSA) is 90.2 Å². The van der Waals surface area contributed by atoms with Crippen LogP contribution in [0.2, 0.25) is 0 Å². The van der Waals surface area contributed by atoms with Crippen LogP contribution in [0.1, 0.15) is 45.7 Å². The number of nitrogens with one attached hydrogen (secondary N) is 1. The third-order valence-corrected chi connectivity index (χ3v) is 3.48. The quantitative estimate of drug-likeness (QED) is 0.585. The summed E-state index contributed by atoms with van der Waals surface area (Å²) >= 11 is 0. The molecule has 1 aromatic heterocycles. The lowest BCUT2D eigenvalue weighted by Crippen LogP contribution is -2.36. The SMILES string of the molecule is CCCNC(C)C(c1ncnc(OC)c1[N+](=O)[O-])C(C)C. The zero-order valence-corrected chi connectivity index (χ0v) is 13.3. The van der Waals surface area contributed by atoms with E-state index >= 15 is 0 Å². The Balaban J connectivity index is 3.28. The average molecular weight is 296 g/mol. The molecule has 0 amide bonds. The summed E-state index contributed by atoms with van der Waals surface area (Å²) in [5, 5.41) is 14.8. The van der Waals surface area contributed by atoms with Crippen LogP contribution in [0.15, 0.2) is 6.33 Å². The summed E-state index contributed by atoms with van der Waals surface area (Å²) in [5.41, 5.74) is 0.293. The second-order valence-corrected chi connectivity index (χ2v) is 5.39. The molecule has 0 aromatic carbocycles. The van der Waals surface area contributed by atoms with Crippen LogP contribution in [0.5, 0.6) is 5.88 Å². The van der Waals surface area contributed by atoms with Crippen LogP contribution in [0, 0.1) is 16.0 Å². The van der Waals surface area contributed by atoms with Crippen molar-refractivity contribution in [3.05, 3.63) is 22.1 Å². The van der Waals surface area contributed by atoms with Crippen molar-refractivity contribution in [2.24, 2.45) is 5.92 Å². The van der Waals surface area contributed by atoms with E-state index in [2.05, 4.69) is 22.2 Å². The number of methoxy groups -OCH3 is 1. The molecule has 0 aliphatic carbocycles. The van der Waals surface area contributed by atoms with Crippen molar-refractivity contribution in [2.45, 2.75) is 46.1 Å². The first-order valence-electron chi connectivity index (χ1n) is 7.20. The standard InChI is InChI=1S/C14H24N4O3/c1-6-7-15-10(4)11(9(2)3)12-13(18(19)20)14(21-5)17-8-16-12/h8-11,15H,6-7H2,1-5H3. The molecule has 21 heavy (non-hydrogen) atoms. The minimum absolute atomic E-state index is 0.0124. The predicted molar refractivity (Wildman–Crippen MR) is 80.6 cm³/mol. The summed E-state index contributed by atoms with van der Waals surface area (Å²) in [6, 6.07) is 0.0725. The van der Waals surface area contributed by atoms with Crippen molar-refractivity contribution in [1.29, 1.82) is 0 Å². The number of ether oxygens (including phenoxy) is 1. The Hall–Kier alpha value is -1.76. The first-order valence-corrected chi connectivity index (χ1v) is 7.20. The minimum Gasteiger partial charge on any atom is -0.476 e. The normalized spacial score (nSPS) is 14.0. The van der Waals surface area contributed by atoms with Gasteiger partial charge < -0.3 is 10.1 Å². The molecule has 0 spiro atoms. The molecule has 0 fully saturated rings. The van der Waals surface area contributed by atoms with Crippen LogP contribution >= 0.6 is 0 Å². The van der Waals surface area contributed by atoms with E-state index in [1.54, 1.807) is 0 Å². The lowest BCUT2D eigenvalue weighted by Gasteiger charge is -2.27. The zero-order valence-electron chi connectivity index (χ0n) is 13.3. The highest BCUT2D eigenvalue weighted by Crippen LogP contribution is 2.36. The molecule has 0 aliphatic rings. The van der Waals surface area contributed by atoms with Gasteiger partial charge in [0, 0.05) is 12.0 Å². The number of hydrogen-bond acceptors (Lipinski definition) is 6. The molecule has 0 saturated heterocycles. The summed E-state index contributed by atoms with van der Waals surface area (Å²) in [7, 11) is 1.38. The van der Waals surface area contributed by atoms with E-state index in [1.807, 2.05) is 20.8 Å². The fraction of sp³-hybridized carbons (Fsp3) is 0.714. The maximum Gasteiger partial charge on any atom is 0.352 e. The van der Waals surface area contributed by atoms with Gasteiger partial charge in [0.05, 0.1) is 12.0 Å². The summed E-state index contributed by atoms with van der Waals surface area (Å²) in [5.74, 6) is 0.120. The number of hydrogen-bond donors (Lipinski definition) is 1. The lowest BCUT2D eigenvalue weighted by molar-refractivity contribution is -0.387. The van der Waals surface area contributed by atoms with Crippen molar-refractivity contribution in [3.8, 4) is 5.88 Å². The number of rotatable bonds is 8. The predicted octanol–water partition coefficient (Wildman–Crippen LogP) is 2.52. The van der Waals surface area contributed by atoms with Crippen molar-refractivity contribution in [1.82, 2.24) is 15.3 Å². The Kier molecular flexibility index (Phi) is 6.48. The van der Waals surface area contributed by atoms with E-state index in [0.717, 1.165) is 13.0 Å². The first kappa shape index (κ1) is 17.3. The summed E-state index contributed by atoms with van der Waals surface area (Å²) in [6.07, 6.45) is 2.33. The third kappa shape index (κ3) is 4.10. The van der Waals surface area contributed by atoms with Gasteiger partial charge >= 0.3 is 5.69 Å². The van der Waals surface area contributed by atoms with Crippen LogP contribution in [-0.4, -0.2) is 34.6 Å². The van der Waals surface area contributed by atoms with E-state index in [9.17, 15) is 10.1 Å². The van der Waals surface area contributed by atoms with E-state index in [-0.39, 0.29) is 29.4 Å². The molecule has 0 aliphatic heterocycles. The van der Waals surface area contributed by atoms with Crippen LogP contribution in [0.3, 0.4) is 0 Å². The van der Waals surface area contributed by atoms with E-state index < -0.39 is 4.92 Å². The van der Waals surface area contributed by atoms with Gasteiger partial charge in [0.2, 0.25) is 0 Å². The largest absolute Gasteiger partial charge is 0.476 e. The van der Waals surface area contributed by atoms with Crippen LogP contribution in [0.4, 0.5) is 5.69 Å². The lowest BCUT2D eigenvalue weighted by atomic mass is 9.85. The van der Waals surface area contributed by atoms with E-state index in [1.165, 1.54) is 13.4 Å². The van der Waals surface area contributed by atoms with Gasteiger partial charge in [-0.1, -0.05) is 20.8 Å². The summed E-state index contributed by atoms with van der Waals surface area (Å²) in [6.45, 7) is 9.04. The second kappa shape index (κ2) is 7.87. The van der Waals surface area contributed by atoms with Gasteiger partial charge in [-0.25, -0.2) is 4.98 Å². The highest BCUT2D eigenvalue weighted by atomic mass is 16.6. The molecule has 0 radical (unpaired) electrons. The highest BCUT2D eigenvalue weighted by molar-refractivity contribution is 5.47. The molecule has 0 bridgehead atoms. The molecule has 7 nitrogen and oxygen atoms in total. The molecule has 1 heterocycles. The fourth-order valence-corrected chi connectivity index (χ4v) is 2.57. The van der Waals surface area contributed by atoms with Gasteiger partial charge in [0.1, 0.15) is 12.0 Å². The molecule has 1 rings (SSSR count). The molecule has 2 unspecified atom stereocenters. The van der Waals surface area contributed by atoms with Crippen molar-refractivity contribution in [2.75, 3.05) is 13.7 Å². The Morgan fingerprint density at radius 2 is 2.05 bits per heavy atom. The van der Waals surface area contributed by atoms with Gasteiger partial charge in [-0.2, -0.15) is 4.98 Å². The molecular formula is C14H24N4O3. The maximum absolute atomic E-state index is 11.4. The van der Waals surface area contributed by atoms with Gasteiger partial charge in [0.15, 0.2) is 0 Å². The smallest absolute Gasteiger partial charge is 0.352 e. The molecule has 1 N–H and O–H groups in total. The molecular weight excluding hydrogens is 272 g/mol. The molecule has 1 aromatic rings. The van der Waals surface area contributed by atoms with Crippen LogP contribution < -0.4 is 10.1 Å². The maximum atomic E-state index is 11.4. The Bertz CT molecular complexity index is 479. The molecule has 0 saturated carbocycles. The number of nitro groups is 1. The Labute approximate surface area is 125 Å². The average Bonchev–Trinajstić information content (AvgIpc) is 2.44. The number of aromatic nitrogens is 2. The Morgan fingerprint density at radius 1 is 1.38 bits per heavy atom. The number of nitrogens with zero attached hydrogens (tertiary/aromatic N) is 3. The summed E-state index contributed by atoms with van der Waals surface area (Å²) in [4.78, 5) is 19.0. The fourth-order valence-electron chi connectivity index (χ4n) is 2.57. The molecule has 2 atom stereocenters. The van der Waals surface area contributed by atoms with Crippen LogP contribution in [-0.2, 0) is 0 Å². The van der Waals surface area contributed by atoms with Gasteiger partial charge in [-0.3, -0.25) is 10.1 Å². The monoisotopic (exact) mass is 296 g/mol. The van der Waals surface area contributed by atoms with Crippen LogP contribution in [0.25, 0.3) is 0 Å². The molecule has 7 heteroatoms. The van der Waals surface area contributed by atoms with Gasteiger partial charge in [-0.15, -0.1) is 0 Å². The second-order valence-electron chi connectivity index (χ2n) is 5.39. The first-order chi connectivity index (χ1) is 9.93. The van der Waals surface area contributed by atoms with E-state index in [0.29, 0.717) is 5.69 Å². The Morgan fingerprint density at radius 3 is 2.52 bits per heavy atom.